The average Bonchev–Trinajstić information content (AvgIpc) is 2.70. The molecule has 15 heavy (non-hydrogen) atoms. The SMILES string of the molecule is NCc1ccc(-c2cccc(Cl)c2Cl)o1. The van der Waals surface area contributed by atoms with Gasteiger partial charge in [0, 0.05) is 5.56 Å². The molecule has 0 aliphatic heterocycles. The average molecular weight is 242 g/mol. The molecule has 0 spiro atoms. The van der Waals surface area contributed by atoms with Gasteiger partial charge in [-0.3, -0.25) is 0 Å². The van der Waals surface area contributed by atoms with Gasteiger partial charge in [0.2, 0.25) is 0 Å². The van der Waals surface area contributed by atoms with Crippen molar-refractivity contribution < 1.29 is 4.42 Å². The number of benzene rings is 1. The molecule has 2 nitrogen and oxygen atoms in total. The van der Waals surface area contributed by atoms with E-state index in [1.54, 1.807) is 6.07 Å². The zero-order valence-corrected chi connectivity index (χ0v) is 9.35. The van der Waals surface area contributed by atoms with Gasteiger partial charge in [-0.25, -0.2) is 0 Å². The van der Waals surface area contributed by atoms with Crippen LogP contribution in [0.2, 0.25) is 10.0 Å². The lowest BCUT2D eigenvalue weighted by Gasteiger charge is -2.01. The van der Waals surface area contributed by atoms with Gasteiger partial charge in [0.05, 0.1) is 16.6 Å². The van der Waals surface area contributed by atoms with Gasteiger partial charge >= 0.3 is 0 Å². The summed E-state index contributed by atoms with van der Waals surface area (Å²) in [6.45, 7) is 0.373. The standard InChI is InChI=1S/C11H9Cl2NO/c12-9-3-1-2-8(11(9)13)10-5-4-7(6-14)15-10/h1-5H,6,14H2. The lowest BCUT2D eigenvalue weighted by molar-refractivity contribution is 0.525. The summed E-state index contributed by atoms with van der Waals surface area (Å²) in [5, 5.41) is 1.01. The summed E-state index contributed by atoms with van der Waals surface area (Å²) in [5.41, 5.74) is 6.24. The number of hydrogen-bond donors (Lipinski definition) is 1. The first-order chi connectivity index (χ1) is 7.22. The smallest absolute Gasteiger partial charge is 0.135 e. The van der Waals surface area contributed by atoms with E-state index in [1.807, 2.05) is 24.3 Å². The molecule has 4 heteroatoms. The summed E-state index contributed by atoms with van der Waals surface area (Å²) in [6, 6.07) is 9.08. The molecule has 0 bridgehead atoms. The number of nitrogens with two attached hydrogens (primary N) is 1. The maximum absolute atomic E-state index is 6.06. The zero-order valence-electron chi connectivity index (χ0n) is 7.84. The van der Waals surface area contributed by atoms with Crippen LogP contribution in [0, 0.1) is 0 Å². The summed E-state index contributed by atoms with van der Waals surface area (Å²) >= 11 is 12.0. The van der Waals surface area contributed by atoms with Gasteiger partial charge in [0.25, 0.3) is 0 Å². The van der Waals surface area contributed by atoms with E-state index < -0.39 is 0 Å². The predicted molar refractivity (Wildman–Crippen MR) is 62.1 cm³/mol. The fraction of sp³-hybridized carbons (Fsp3) is 0.0909. The Morgan fingerprint density at radius 3 is 2.60 bits per heavy atom. The summed E-state index contributed by atoms with van der Waals surface area (Å²) in [5.74, 6) is 1.41. The van der Waals surface area contributed by atoms with Crippen molar-refractivity contribution in [3.63, 3.8) is 0 Å². The second-order valence-electron chi connectivity index (χ2n) is 3.07. The van der Waals surface area contributed by atoms with Crippen molar-refractivity contribution in [3.8, 4) is 11.3 Å². The molecule has 0 unspecified atom stereocenters. The Kier molecular flexibility index (Phi) is 3.00. The number of furan rings is 1. The molecule has 0 saturated carbocycles. The molecular formula is C11H9Cl2NO. The third-order valence-corrected chi connectivity index (χ3v) is 2.90. The van der Waals surface area contributed by atoms with Crippen LogP contribution >= 0.6 is 23.2 Å². The van der Waals surface area contributed by atoms with Crippen molar-refractivity contribution in [2.75, 3.05) is 0 Å². The van der Waals surface area contributed by atoms with E-state index >= 15 is 0 Å². The van der Waals surface area contributed by atoms with Crippen LogP contribution < -0.4 is 5.73 Å². The van der Waals surface area contributed by atoms with Crippen molar-refractivity contribution in [3.05, 3.63) is 46.1 Å². The van der Waals surface area contributed by atoms with Crippen LogP contribution in [0.1, 0.15) is 5.76 Å². The molecule has 0 amide bonds. The first-order valence-corrected chi connectivity index (χ1v) is 5.21. The predicted octanol–water partition coefficient (Wildman–Crippen LogP) is 3.71. The van der Waals surface area contributed by atoms with Crippen molar-refractivity contribution in [1.29, 1.82) is 0 Å². The van der Waals surface area contributed by atoms with E-state index in [0.717, 1.165) is 11.3 Å². The van der Waals surface area contributed by atoms with E-state index in [0.29, 0.717) is 22.4 Å². The van der Waals surface area contributed by atoms with E-state index in [9.17, 15) is 0 Å². The van der Waals surface area contributed by atoms with Crippen LogP contribution in [0.25, 0.3) is 11.3 Å². The van der Waals surface area contributed by atoms with E-state index in [1.165, 1.54) is 0 Å². The molecule has 2 N–H and O–H groups in total. The Balaban J connectivity index is 2.49. The van der Waals surface area contributed by atoms with E-state index in [2.05, 4.69) is 0 Å². The molecular weight excluding hydrogens is 233 g/mol. The molecule has 0 saturated heterocycles. The third-order valence-electron chi connectivity index (χ3n) is 2.08. The molecule has 0 aliphatic carbocycles. The maximum atomic E-state index is 6.06. The highest BCUT2D eigenvalue weighted by Gasteiger charge is 2.09. The van der Waals surface area contributed by atoms with Crippen LogP contribution in [0.4, 0.5) is 0 Å². The first-order valence-electron chi connectivity index (χ1n) is 4.45. The lowest BCUT2D eigenvalue weighted by Crippen LogP contribution is -1.92. The second kappa shape index (κ2) is 4.27. The topological polar surface area (TPSA) is 39.2 Å². The molecule has 0 radical (unpaired) electrons. The fourth-order valence-electron chi connectivity index (χ4n) is 1.33. The molecule has 2 aromatic rings. The molecule has 0 fully saturated rings. The molecule has 2 rings (SSSR count). The van der Waals surface area contributed by atoms with Gasteiger partial charge in [0.15, 0.2) is 0 Å². The van der Waals surface area contributed by atoms with Crippen molar-refractivity contribution in [2.24, 2.45) is 5.73 Å². The van der Waals surface area contributed by atoms with Crippen molar-refractivity contribution >= 4 is 23.2 Å². The van der Waals surface area contributed by atoms with Crippen molar-refractivity contribution in [2.45, 2.75) is 6.54 Å². The highest BCUT2D eigenvalue weighted by molar-refractivity contribution is 6.43. The van der Waals surface area contributed by atoms with Gasteiger partial charge in [-0.15, -0.1) is 0 Å². The number of hydrogen-bond acceptors (Lipinski definition) is 2. The molecule has 78 valence electrons. The summed E-state index contributed by atoms with van der Waals surface area (Å²) < 4.78 is 5.49. The van der Waals surface area contributed by atoms with Crippen LogP contribution in [-0.2, 0) is 6.54 Å². The first kappa shape index (κ1) is 10.6. The van der Waals surface area contributed by atoms with Gasteiger partial charge in [-0.2, -0.15) is 0 Å². The Hall–Kier alpha value is -0.960. The monoisotopic (exact) mass is 241 g/mol. The van der Waals surface area contributed by atoms with E-state index in [4.69, 9.17) is 33.4 Å². The van der Waals surface area contributed by atoms with Crippen molar-refractivity contribution in [1.82, 2.24) is 0 Å². The molecule has 0 aliphatic rings. The molecule has 1 heterocycles. The largest absolute Gasteiger partial charge is 0.460 e. The van der Waals surface area contributed by atoms with Crippen LogP contribution in [0.5, 0.6) is 0 Å². The summed E-state index contributed by atoms with van der Waals surface area (Å²) in [7, 11) is 0. The van der Waals surface area contributed by atoms with Gasteiger partial charge in [0.1, 0.15) is 11.5 Å². The Labute approximate surface area is 97.6 Å². The van der Waals surface area contributed by atoms with Gasteiger partial charge < -0.3 is 10.2 Å². The lowest BCUT2D eigenvalue weighted by atomic mass is 10.2. The zero-order chi connectivity index (χ0) is 10.8. The molecule has 1 aromatic heterocycles. The quantitative estimate of drug-likeness (QED) is 0.871. The Morgan fingerprint density at radius 2 is 1.93 bits per heavy atom. The minimum atomic E-state index is 0.373. The van der Waals surface area contributed by atoms with Crippen LogP contribution in [0.15, 0.2) is 34.7 Å². The number of rotatable bonds is 2. The second-order valence-corrected chi connectivity index (χ2v) is 3.86. The minimum absolute atomic E-state index is 0.373. The Morgan fingerprint density at radius 1 is 1.13 bits per heavy atom. The Bertz CT molecular complexity index is 479. The third kappa shape index (κ3) is 2.02. The maximum Gasteiger partial charge on any atom is 0.135 e. The molecule has 1 aromatic carbocycles. The summed E-state index contributed by atoms with van der Waals surface area (Å²) in [4.78, 5) is 0. The minimum Gasteiger partial charge on any atom is -0.460 e. The highest BCUT2D eigenvalue weighted by atomic mass is 35.5. The normalized spacial score (nSPS) is 10.6. The fourth-order valence-corrected chi connectivity index (χ4v) is 1.72. The molecule has 0 atom stereocenters. The van der Waals surface area contributed by atoms with Crippen LogP contribution in [-0.4, -0.2) is 0 Å². The van der Waals surface area contributed by atoms with Gasteiger partial charge in [-0.1, -0.05) is 29.3 Å². The van der Waals surface area contributed by atoms with E-state index in [-0.39, 0.29) is 0 Å². The van der Waals surface area contributed by atoms with Crippen LogP contribution in [0.3, 0.4) is 0 Å². The number of halogens is 2. The highest BCUT2D eigenvalue weighted by Crippen LogP contribution is 2.34. The summed E-state index contributed by atoms with van der Waals surface area (Å²) in [6.07, 6.45) is 0. The van der Waals surface area contributed by atoms with Gasteiger partial charge in [-0.05, 0) is 24.3 Å².